The lowest BCUT2D eigenvalue weighted by Crippen LogP contribution is -2.07. The van der Waals surface area contributed by atoms with Gasteiger partial charge in [0.1, 0.15) is 0 Å². The summed E-state index contributed by atoms with van der Waals surface area (Å²) in [6.07, 6.45) is 1.82. The van der Waals surface area contributed by atoms with Gasteiger partial charge in [-0.3, -0.25) is 4.79 Å². The fourth-order valence-electron chi connectivity index (χ4n) is 1.13. The molecule has 0 unspecified atom stereocenters. The highest BCUT2D eigenvalue weighted by molar-refractivity contribution is 5.98. The Hall–Kier alpha value is -1.61. The van der Waals surface area contributed by atoms with Gasteiger partial charge in [0.25, 0.3) is 0 Å². The summed E-state index contributed by atoms with van der Waals surface area (Å²) in [6, 6.07) is 7.36. The molecule has 0 aliphatic carbocycles. The molecule has 0 bridgehead atoms. The Morgan fingerprint density at radius 1 is 1.57 bits per heavy atom. The zero-order chi connectivity index (χ0) is 10.4. The molecule has 2 N–H and O–H groups in total. The molecule has 0 radical (unpaired) electrons. The summed E-state index contributed by atoms with van der Waals surface area (Å²) in [5, 5.41) is 11.4. The third kappa shape index (κ3) is 3.03. The Kier molecular flexibility index (Phi) is 3.88. The number of benzene rings is 1. The summed E-state index contributed by atoms with van der Waals surface area (Å²) in [6.45, 7) is 3.47. The Morgan fingerprint density at radius 3 is 3.00 bits per heavy atom. The number of carbonyl (C=O) groups is 1. The zero-order valence-corrected chi connectivity index (χ0v) is 7.86. The summed E-state index contributed by atoms with van der Waals surface area (Å²) < 4.78 is 0. The van der Waals surface area contributed by atoms with Crippen LogP contribution in [0.15, 0.2) is 36.9 Å². The van der Waals surface area contributed by atoms with E-state index in [1.54, 1.807) is 6.07 Å². The van der Waals surface area contributed by atoms with Crippen LogP contribution in [0.1, 0.15) is 5.56 Å². The van der Waals surface area contributed by atoms with E-state index in [0.29, 0.717) is 6.42 Å². The second kappa shape index (κ2) is 5.19. The molecule has 14 heavy (non-hydrogen) atoms. The van der Waals surface area contributed by atoms with Gasteiger partial charge >= 0.3 is 0 Å². The molecule has 0 saturated heterocycles. The molecule has 1 aromatic carbocycles. The van der Waals surface area contributed by atoms with Crippen LogP contribution in [0.3, 0.4) is 0 Å². The fraction of sp³-hybridized carbons (Fsp3) is 0.182. The topological polar surface area (TPSA) is 49.3 Å². The Bertz CT molecular complexity index is 334. The van der Waals surface area contributed by atoms with Crippen LogP contribution < -0.4 is 5.32 Å². The van der Waals surface area contributed by atoms with E-state index < -0.39 is 0 Å². The van der Waals surface area contributed by atoms with Crippen molar-refractivity contribution < 1.29 is 9.90 Å². The molecule has 0 fully saturated rings. The molecule has 0 aromatic heterocycles. The Morgan fingerprint density at radius 2 is 2.36 bits per heavy atom. The number of hydrogen-bond donors (Lipinski definition) is 2. The molecule has 3 nitrogen and oxygen atoms in total. The first-order chi connectivity index (χ1) is 6.76. The van der Waals surface area contributed by atoms with Crippen LogP contribution in [0, 0.1) is 0 Å². The lowest BCUT2D eigenvalue weighted by atomic mass is 10.1. The van der Waals surface area contributed by atoms with Gasteiger partial charge in [0.05, 0.1) is 0 Å². The maximum Gasteiger partial charge on any atom is 0.247 e. The minimum Gasteiger partial charge on any atom is -0.396 e. The highest BCUT2D eigenvalue weighted by Crippen LogP contribution is 2.10. The van der Waals surface area contributed by atoms with Gasteiger partial charge in [0, 0.05) is 12.3 Å². The normalized spacial score (nSPS) is 9.50. The van der Waals surface area contributed by atoms with Crippen molar-refractivity contribution in [3.05, 3.63) is 42.5 Å². The maximum atomic E-state index is 11.0. The molecule has 0 aliphatic heterocycles. The molecule has 3 heteroatoms. The van der Waals surface area contributed by atoms with Crippen LogP contribution >= 0.6 is 0 Å². The summed E-state index contributed by atoms with van der Waals surface area (Å²) in [5.74, 6) is -0.230. The van der Waals surface area contributed by atoms with E-state index >= 15 is 0 Å². The van der Waals surface area contributed by atoms with Crippen molar-refractivity contribution in [2.24, 2.45) is 0 Å². The third-order valence-corrected chi connectivity index (χ3v) is 1.78. The van der Waals surface area contributed by atoms with E-state index in [2.05, 4.69) is 11.9 Å². The van der Waals surface area contributed by atoms with Crippen LogP contribution in [-0.2, 0) is 11.2 Å². The smallest absolute Gasteiger partial charge is 0.247 e. The number of amides is 1. The minimum atomic E-state index is -0.230. The van der Waals surface area contributed by atoms with Crippen LogP contribution in [0.2, 0.25) is 0 Å². The molecule has 0 aliphatic rings. The van der Waals surface area contributed by atoms with Crippen molar-refractivity contribution in [2.75, 3.05) is 11.9 Å². The fourth-order valence-corrected chi connectivity index (χ4v) is 1.13. The number of hydrogen-bond acceptors (Lipinski definition) is 2. The number of aliphatic hydroxyl groups excluding tert-OH is 1. The van der Waals surface area contributed by atoms with Gasteiger partial charge in [-0.2, -0.15) is 0 Å². The van der Waals surface area contributed by atoms with Crippen molar-refractivity contribution in [1.82, 2.24) is 0 Å². The summed E-state index contributed by atoms with van der Waals surface area (Å²) >= 11 is 0. The molecule has 0 saturated carbocycles. The average Bonchev–Trinajstić information content (AvgIpc) is 2.19. The van der Waals surface area contributed by atoms with Gasteiger partial charge in [0.15, 0.2) is 0 Å². The highest BCUT2D eigenvalue weighted by atomic mass is 16.2. The largest absolute Gasteiger partial charge is 0.396 e. The predicted octanol–water partition coefficient (Wildman–Crippen LogP) is 1.35. The first-order valence-electron chi connectivity index (χ1n) is 4.39. The number of carbonyl (C=O) groups excluding carboxylic acids is 1. The van der Waals surface area contributed by atoms with E-state index in [9.17, 15) is 4.79 Å². The molecule has 0 spiro atoms. The predicted molar refractivity (Wildman–Crippen MR) is 56.1 cm³/mol. The summed E-state index contributed by atoms with van der Waals surface area (Å²) in [7, 11) is 0. The van der Waals surface area contributed by atoms with Crippen molar-refractivity contribution in [2.45, 2.75) is 6.42 Å². The van der Waals surface area contributed by atoms with E-state index in [1.165, 1.54) is 6.08 Å². The van der Waals surface area contributed by atoms with Gasteiger partial charge in [-0.15, -0.1) is 0 Å². The minimum absolute atomic E-state index is 0.110. The lowest BCUT2D eigenvalue weighted by Gasteiger charge is -2.04. The first-order valence-corrected chi connectivity index (χ1v) is 4.39. The van der Waals surface area contributed by atoms with Gasteiger partial charge in [-0.25, -0.2) is 0 Å². The van der Waals surface area contributed by atoms with Crippen molar-refractivity contribution in [1.29, 1.82) is 0 Å². The second-order valence-electron chi connectivity index (χ2n) is 2.87. The molecule has 1 rings (SSSR count). The maximum absolute atomic E-state index is 11.0. The third-order valence-electron chi connectivity index (χ3n) is 1.78. The number of rotatable bonds is 4. The van der Waals surface area contributed by atoms with E-state index in [4.69, 9.17) is 5.11 Å². The Balaban J connectivity index is 2.72. The van der Waals surface area contributed by atoms with Gasteiger partial charge in [0.2, 0.25) is 5.91 Å². The molecular formula is C11H13NO2. The molecule has 0 heterocycles. The molecule has 0 atom stereocenters. The second-order valence-corrected chi connectivity index (χ2v) is 2.87. The van der Waals surface area contributed by atoms with Gasteiger partial charge in [-0.1, -0.05) is 18.7 Å². The van der Waals surface area contributed by atoms with Gasteiger partial charge < -0.3 is 10.4 Å². The highest BCUT2D eigenvalue weighted by Gasteiger charge is 1.97. The SMILES string of the molecule is C=CC(=O)Nc1cccc(CCO)c1. The van der Waals surface area contributed by atoms with Crippen molar-refractivity contribution in [3.8, 4) is 0 Å². The van der Waals surface area contributed by atoms with Crippen LogP contribution in [0.5, 0.6) is 0 Å². The van der Waals surface area contributed by atoms with E-state index in [-0.39, 0.29) is 12.5 Å². The lowest BCUT2D eigenvalue weighted by molar-refractivity contribution is -0.111. The van der Waals surface area contributed by atoms with Crippen molar-refractivity contribution >= 4 is 11.6 Å². The molecule has 1 amide bonds. The number of nitrogens with one attached hydrogen (secondary N) is 1. The first kappa shape index (κ1) is 10.5. The standard InChI is InChI=1S/C11H13NO2/c1-2-11(14)12-10-5-3-4-9(8-10)6-7-13/h2-5,8,13H,1,6-7H2,(H,12,14). The van der Waals surface area contributed by atoms with Crippen LogP contribution in [-0.4, -0.2) is 17.6 Å². The van der Waals surface area contributed by atoms with Gasteiger partial charge in [-0.05, 0) is 30.2 Å². The molecule has 74 valence electrons. The Labute approximate surface area is 83.1 Å². The number of anilines is 1. The number of aliphatic hydroxyl groups is 1. The van der Waals surface area contributed by atoms with Crippen LogP contribution in [0.4, 0.5) is 5.69 Å². The monoisotopic (exact) mass is 191 g/mol. The molecular weight excluding hydrogens is 178 g/mol. The summed E-state index contributed by atoms with van der Waals surface area (Å²) in [5.41, 5.74) is 1.72. The molecule has 1 aromatic rings. The van der Waals surface area contributed by atoms with E-state index in [0.717, 1.165) is 11.3 Å². The van der Waals surface area contributed by atoms with E-state index in [1.807, 2.05) is 18.2 Å². The zero-order valence-electron chi connectivity index (χ0n) is 7.86. The summed E-state index contributed by atoms with van der Waals surface area (Å²) in [4.78, 5) is 11.0. The van der Waals surface area contributed by atoms with Crippen molar-refractivity contribution in [3.63, 3.8) is 0 Å². The quantitative estimate of drug-likeness (QED) is 0.706. The average molecular weight is 191 g/mol. The van der Waals surface area contributed by atoms with Crippen LogP contribution in [0.25, 0.3) is 0 Å².